The maximum atomic E-state index is 17.5. The highest BCUT2D eigenvalue weighted by Gasteiger charge is 2.68. The van der Waals surface area contributed by atoms with Gasteiger partial charge in [0, 0.05) is 36.2 Å². The fourth-order valence-electron chi connectivity index (χ4n) is 11.2. The number of hydrogen-bond acceptors (Lipinski definition) is 7. The summed E-state index contributed by atoms with van der Waals surface area (Å²) in [7, 11) is -2.26. The van der Waals surface area contributed by atoms with Gasteiger partial charge in [-0.05, 0) is 71.3 Å². The molecular formula is C45H51F4N5O2Si. The van der Waals surface area contributed by atoms with Crippen LogP contribution in [0.1, 0.15) is 72.8 Å². The van der Waals surface area contributed by atoms with Crippen molar-refractivity contribution in [2.24, 2.45) is 11.3 Å². The molecule has 7 nitrogen and oxygen atoms in total. The fourth-order valence-corrected chi connectivity index (χ4v) is 16.4. The predicted octanol–water partition coefficient (Wildman–Crippen LogP) is 9.73. The van der Waals surface area contributed by atoms with Crippen LogP contribution in [-0.4, -0.2) is 85.1 Å². The summed E-state index contributed by atoms with van der Waals surface area (Å²) in [5.74, 6) is 2.14. The van der Waals surface area contributed by atoms with Crippen LogP contribution in [0.4, 0.5) is 23.4 Å². The Morgan fingerprint density at radius 2 is 1.79 bits per heavy atom. The maximum Gasteiger partial charge on any atom is 0.319 e. The molecule has 3 saturated heterocycles. The number of ether oxygens (including phenoxy) is 2. The molecule has 5 fully saturated rings. The van der Waals surface area contributed by atoms with Crippen molar-refractivity contribution in [1.29, 1.82) is 0 Å². The Morgan fingerprint density at radius 1 is 1.02 bits per heavy atom. The number of anilines is 1. The van der Waals surface area contributed by atoms with E-state index in [4.69, 9.17) is 24.4 Å². The van der Waals surface area contributed by atoms with Gasteiger partial charge in [-0.25, -0.2) is 17.6 Å². The van der Waals surface area contributed by atoms with Gasteiger partial charge in [0.15, 0.2) is 5.82 Å². The van der Waals surface area contributed by atoms with E-state index in [1.54, 1.807) is 18.2 Å². The van der Waals surface area contributed by atoms with Crippen molar-refractivity contribution in [3.63, 3.8) is 0 Å². The lowest BCUT2D eigenvalue weighted by molar-refractivity contribution is 0.0649. The first-order valence-corrected chi connectivity index (χ1v) is 22.8. The molecule has 9 rings (SSSR count). The summed E-state index contributed by atoms with van der Waals surface area (Å²) in [5, 5.41) is 1.52. The summed E-state index contributed by atoms with van der Waals surface area (Å²) in [6, 6.07) is 8.03. The largest absolute Gasteiger partial charge is 0.461 e. The number of pyridine rings is 1. The number of aromatic nitrogens is 3. The van der Waals surface area contributed by atoms with E-state index in [1.807, 2.05) is 11.0 Å². The van der Waals surface area contributed by atoms with Gasteiger partial charge in [0.1, 0.15) is 43.7 Å². The van der Waals surface area contributed by atoms with Gasteiger partial charge in [-0.15, -0.1) is 5.54 Å². The zero-order valence-corrected chi connectivity index (χ0v) is 34.6. The van der Waals surface area contributed by atoms with Crippen molar-refractivity contribution >= 4 is 35.6 Å². The fraction of sp³-hybridized carbons (Fsp3) is 0.533. The van der Waals surface area contributed by atoms with Gasteiger partial charge in [-0.1, -0.05) is 71.7 Å². The molecule has 0 radical (unpaired) electrons. The lowest BCUT2D eigenvalue weighted by Gasteiger charge is -2.38. The summed E-state index contributed by atoms with van der Waals surface area (Å²) in [6.45, 7) is 15.9. The Kier molecular flexibility index (Phi) is 9.48. The molecule has 2 saturated carbocycles. The van der Waals surface area contributed by atoms with E-state index in [2.05, 4.69) is 57.9 Å². The van der Waals surface area contributed by atoms with Gasteiger partial charge >= 0.3 is 6.01 Å². The summed E-state index contributed by atoms with van der Waals surface area (Å²) < 4.78 is 75.0. The van der Waals surface area contributed by atoms with Crippen molar-refractivity contribution in [3.8, 4) is 28.7 Å². The van der Waals surface area contributed by atoms with Crippen LogP contribution in [-0.2, 0) is 4.74 Å². The minimum atomic E-state index is -2.26. The van der Waals surface area contributed by atoms with Gasteiger partial charge in [-0.3, -0.25) is 9.88 Å². The topological polar surface area (TPSA) is 63.6 Å². The van der Waals surface area contributed by atoms with E-state index in [9.17, 15) is 4.39 Å². The highest BCUT2D eigenvalue weighted by Crippen LogP contribution is 2.66. The van der Waals surface area contributed by atoms with Crippen LogP contribution in [0.3, 0.4) is 0 Å². The molecule has 12 heteroatoms. The van der Waals surface area contributed by atoms with Crippen LogP contribution < -0.4 is 9.64 Å². The molecule has 5 heterocycles. The van der Waals surface area contributed by atoms with Gasteiger partial charge in [-0.2, -0.15) is 9.97 Å². The molecule has 2 aliphatic carbocycles. The minimum Gasteiger partial charge on any atom is -0.461 e. The number of rotatable bonds is 8. The van der Waals surface area contributed by atoms with E-state index in [-0.39, 0.29) is 40.7 Å². The highest BCUT2D eigenvalue weighted by molar-refractivity contribution is 6.90. The Balaban J connectivity index is 1.19. The normalized spacial score (nSPS) is 26.1. The second kappa shape index (κ2) is 14.1. The molecule has 0 unspecified atom stereocenters. The molecule has 5 aliphatic rings. The Labute approximate surface area is 333 Å². The molecule has 1 spiro atoms. The number of hydrogen-bond donors (Lipinski definition) is 0. The molecule has 2 aromatic heterocycles. The average molecular weight is 798 g/mol. The van der Waals surface area contributed by atoms with Crippen LogP contribution in [0.2, 0.25) is 16.6 Å². The lowest BCUT2D eigenvalue weighted by atomic mass is 9.80. The van der Waals surface area contributed by atoms with Crippen LogP contribution in [0.25, 0.3) is 32.9 Å². The minimum absolute atomic E-state index is 0.00434. The van der Waals surface area contributed by atoms with E-state index < -0.39 is 37.5 Å². The third-order valence-corrected chi connectivity index (χ3v) is 20.7. The van der Waals surface area contributed by atoms with Gasteiger partial charge in [0.2, 0.25) is 0 Å². The second-order valence-electron chi connectivity index (χ2n) is 18.1. The third-order valence-electron chi connectivity index (χ3n) is 14.4. The maximum absolute atomic E-state index is 17.5. The molecular weight excluding hydrogens is 747 g/mol. The quantitative estimate of drug-likeness (QED) is 0.100. The second-order valence-corrected chi connectivity index (χ2v) is 23.6. The van der Waals surface area contributed by atoms with Gasteiger partial charge < -0.3 is 14.4 Å². The number of alkyl halides is 1. The first-order chi connectivity index (χ1) is 27.4. The predicted molar refractivity (Wildman–Crippen MR) is 218 cm³/mol. The van der Waals surface area contributed by atoms with Crippen molar-refractivity contribution in [3.05, 3.63) is 65.6 Å². The molecule has 57 heavy (non-hydrogen) atoms. The Morgan fingerprint density at radius 3 is 2.51 bits per heavy atom. The Bertz CT molecular complexity index is 2330. The highest BCUT2D eigenvalue weighted by atomic mass is 28.3. The zero-order chi connectivity index (χ0) is 40.0. The van der Waals surface area contributed by atoms with Crippen molar-refractivity contribution in [2.75, 3.05) is 44.4 Å². The van der Waals surface area contributed by atoms with Gasteiger partial charge in [0.25, 0.3) is 0 Å². The zero-order valence-electron chi connectivity index (χ0n) is 33.6. The third kappa shape index (κ3) is 5.92. The van der Waals surface area contributed by atoms with Gasteiger partial charge in [0.05, 0.1) is 42.1 Å². The standard InChI is InChI=1S/C45H51F4N5O2Si/c1-26(2)57(27(3)4,28(5)6)19-12-31-35(47)11-10-30-8-7-9-32(36(30)31)39-38(49)40-33(22-50-39)42(54-17-18-55-24-34-37(48)41(34)54)52-43(51-40)56-25-45-20-29(21-46)23-53(45)16-15-44(45)13-14-44/h7-11,21-22,26-28,34,37,41H,13-18,20,23-25H2,1-6H3/b29-21-/t34-,37-,41-,45-/m0/s1. The first kappa shape index (κ1) is 38.5. The van der Waals surface area contributed by atoms with E-state index >= 15 is 13.2 Å². The molecule has 0 amide bonds. The number of benzene rings is 2. The van der Waals surface area contributed by atoms with Crippen LogP contribution in [0.5, 0.6) is 6.01 Å². The molecule has 4 aromatic rings. The SMILES string of the molecule is CC(C)[Si](C#Cc1c(F)ccc2cccc(-c3ncc4c(N5CCOC[C@H]6[C@H](F)[C@H]65)nc(OC[C@]56C/C(=C/F)CN5CCC65CC5)nc4c3F)c12)(C(C)C)C(C)C. The van der Waals surface area contributed by atoms with Crippen LogP contribution in [0.15, 0.2) is 48.4 Å². The van der Waals surface area contributed by atoms with E-state index in [0.717, 1.165) is 37.7 Å². The van der Waals surface area contributed by atoms with Crippen molar-refractivity contribution < 1.29 is 27.0 Å². The molecule has 4 atom stereocenters. The first-order valence-electron chi connectivity index (χ1n) is 20.6. The summed E-state index contributed by atoms with van der Waals surface area (Å²) in [6.07, 6.45) is 4.80. The summed E-state index contributed by atoms with van der Waals surface area (Å²) >= 11 is 0. The summed E-state index contributed by atoms with van der Waals surface area (Å²) in [4.78, 5) is 18.4. The molecule has 300 valence electrons. The Hall–Kier alpha value is -4.05. The lowest BCUT2D eigenvalue weighted by Crippen LogP contribution is -2.49. The molecule has 3 aliphatic heterocycles. The molecule has 0 bridgehead atoms. The van der Waals surface area contributed by atoms with E-state index in [0.29, 0.717) is 76.9 Å². The van der Waals surface area contributed by atoms with E-state index in [1.165, 1.54) is 12.3 Å². The van der Waals surface area contributed by atoms with Crippen molar-refractivity contribution in [2.45, 2.75) is 102 Å². The number of fused-ring (bicyclic) bond motifs is 5. The molecule has 0 N–H and O–H groups in total. The van der Waals surface area contributed by atoms with Crippen molar-refractivity contribution in [1.82, 2.24) is 19.9 Å². The molecule has 2 aromatic carbocycles. The smallest absolute Gasteiger partial charge is 0.319 e. The number of halogens is 4. The van der Waals surface area contributed by atoms with Crippen LogP contribution in [0, 0.1) is 34.4 Å². The number of nitrogens with zero attached hydrogens (tertiary/aromatic N) is 5. The summed E-state index contributed by atoms with van der Waals surface area (Å²) in [5.41, 5.74) is 5.64. The van der Waals surface area contributed by atoms with Crippen LogP contribution >= 0.6 is 0 Å². The average Bonchev–Trinajstić information content (AvgIpc) is 4.06. The monoisotopic (exact) mass is 797 g/mol.